The summed E-state index contributed by atoms with van der Waals surface area (Å²) < 4.78 is 11.7. The van der Waals surface area contributed by atoms with E-state index in [1.54, 1.807) is 0 Å². The van der Waals surface area contributed by atoms with Crippen LogP contribution in [0.3, 0.4) is 0 Å². The molecule has 0 aliphatic heterocycles. The first kappa shape index (κ1) is 16.1. The summed E-state index contributed by atoms with van der Waals surface area (Å²) in [5, 5.41) is 0. The van der Waals surface area contributed by atoms with Crippen molar-refractivity contribution in [2.24, 2.45) is 17.8 Å². The van der Waals surface area contributed by atoms with Crippen LogP contribution in [0, 0.1) is 17.8 Å². The van der Waals surface area contributed by atoms with Crippen LogP contribution in [-0.2, 0) is 9.47 Å². The predicted octanol–water partition coefficient (Wildman–Crippen LogP) is 2.86. The fourth-order valence-electron chi connectivity index (χ4n) is 1.28. The molecule has 0 fully saturated rings. The summed E-state index contributed by atoms with van der Waals surface area (Å²) in [6.45, 7) is 14.9. The highest BCUT2D eigenvalue weighted by molar-refractivity contribution is 6.36. The minimum atomic E-state index is -0.253. The van der Waals surface area contributed by atoms with Gasteiger partial charge in [-0.1, -0.05) is 47.6 Å². The predicted molar refractivity (Wildman–Crippen MR) is 73.6 cm³/mol. The van der Waals surface area contributed by atoms with E-state index < -0.39 is 0 Å². The SMILES string of the molecule is CC(C)COC(OCC(C)C)[SiH2]CC(C)C. The lowest BCUT2D eigenvalue weighted by molar-refractivity contribution is -0.104. The van der Waals surface area contributed by atoms with Crippen LogP contribution in [0.1, 0.15) is 41.5 Å². The molecular formula is C13H30O2Si. The smallest absolute Gasteiger partial charge is 0.134 e. The Bertz CT molecular complexity index is 129. The Hall–Kier alpha value is 0.137. The molecular weight excluding hydrogens is 216 g/mol. The van der Waals surface area contributed by atoms with Crippen LogP contribution in [0.4, 0.5) is 0 Å². The quantitative estimate of drug-likeness (QED) is 0.460. The van der Waals surface area contributed by atoms with E-state index in [2.05, 4.69) is 41.5 Å². The van der Waals surface area contributed by atoms with Crippen LogP contribution in [0.5, 0.6) is 0 Å². The largest absolute Gasteiger partial charge is 0.357 e. The Morgan fingerprint density at radius 1 is 0.750 bits per heavy atom. The van der Waals surface area contributed by atoms with E-state index in [1.807, 2.05) is 0 Å². The first-order chi connectivity index (χ1) is 7.41. The van der Waals surface area contributed by atoms with Crippen LogP contribution in [0.2, 0.25) is 6.04 Å². The van der Waals surface area contributed by atoms with Crippen LogP contribution >= 0.6 is 0 Å². The minimum Gasteiger partial charge on any atom is -0.357 e. The van der Waals surface area contributed by atoms with Crippen molar-refractivity contribution in [2.45, 2.75) is 53.5 Å². The van der Waals surface area contributed by atoms with Gasteiger partial charge in [0.2, 0.25) is 0 Å². The number of rotatable bonds is 9. The molecule has 98 valence electrons. The zero-order valence-electron chi connectivity index (χ0n) is 12.0. The van der Waals surface area contributed by atoms with Gasteiger partial charge in [0.15, 0.2) is 0 Å². The van der Waals surface area contributed by atoms with Gasteiger partial charge in [-0.25, -0.2) is 0 Å². The molecule has 0 aromatic carbocycles. The minimum absolute atomic E-state index is 0.132. The molecule has 0 heterocycles. The average molecular weight is 246 g/mol. The highest BCUT2D eigenvalue weighted by Gasteiger charge is 2.12. The van der Waals surface area contributed by atoms with Gasteiger partial charge in [0.1, 0.15) is 5.91 Å². The molecule has 0 aromatic heterocycles. The maximum atomic E-state index is 5.84. The van der Waals surface area contributed by atoms with Crippen molar-refractivity contribution in [2.75, 3.05) is 13.2 Å². The molecule has 0 saturated carbocycles. The van der Waals surface area contributed by atoms with Crippen LogP contribution in [0.25, 0.3) is 0 Å². The van der Waals surface area contributed by atoms with E-state index in [1.165, 1.54) is 6.04 Å². The van der Waals surface area contributed by atoms with Crippen molar-refractivity contribution < 1.29 is 9.47 Å². The lowest BCUT2D eigenvalue weighted by Crippen LogP contribution is -2.28. The van der Waals surface area contributed by atoms with E-state index in [-0.39, 0.29) is 15.4 Å². The fourth-order valence-corrected chi connectivity index (χ4v) is 2.83. The third-order valence-electron chi connectivity index (χ3n) is 2.21. The Balaban J connectivity index is 3.85. The molecule has 0 N–H and O–H groups in total. The van der Waals surface area contributed by atoms with Crippen LogP contribution < -0.4 is 0 Å². The van der Waals surface area contributed by atoms with Gasteiger partial charge in [-0.2, -0.15) is 0 Å². The van der Waals surface area contributed by atoms with Crippen molar-refractivity contribution >= 4 is 9.52 Å². The highest BCUT2D eigenvalue weighted by Crippen LogP contribution is 2.07. The van der Waals surface area contributed by atoms with Crippen LogP contribution in [-0.4, -0.2) is 28.6 Å². The Morgan fingerprint density at radius 2 is 1.19 bits per heavy atom. The highest BCUT2D eigenvalue weighted by atomic mass is 28.2. The van der Waals surface area contributed by atoms with Crippen molar-refractivity contribution in [3.8, 4) is 0 Å². The van der Waals surface area contributed by atoms with Crippen LogP contribution in [0.15, 0.2) is 0 Å². The third kappa shape index (κ3) is 10.6. The molecule has 0 rings (SSSR count). The van der Waals surface area contributed by atoms with E-state index in [0.717, 1.165) is 19.1 Å². The second-order valence-electron chi connectivity index (χ2n) is 5.86. The summed E-state index contributed by atoms with van der Waals surface area (Å²) in [6, 6.07) is 1.31. The summed E-state index contributed by atoms with van der Waals surface area (Å²) >= 11 is 0. The van der Waals surface area contributed by atoms with Gasteiger partial charge < -0.3 is 9.47 Å². The molecule has 0 atom stereocenters. The molecule has 0 saturated heterocycles. The Morgan fingerprint density at radius 3 is 1.50 bits per heavy atom. The van der Waals surface area contributed by atoms with Crippen molar-refractivity contribution in [1.82, 2.24) is 0 Å². The van der Waals surface area contributed by atoms with Gasteiger partial charge in [-0.15, -0.1) is 0 Å². The lowest BCUT2D eigenvalue weighted by Gasteiger charge is -2.21. The van der Waals surface area contributed by atoms with Gasteiger partial charge >= 0.3 is 0 Å². The van der Waals surface area contributed by atoms with Gasteiger partial charge in [0, 0.05) is 0 Å². The van der Waals surface area contributed by atoms with Gasteiger partial charge in [-0.3, -0.25) is 0 Å². The first-order valence-electron chi connectivity index (χ1n) is 6.65. The topological polar surface area (TPSA) is 18.5 Å². The molecule has 0 bridgehead atoms. The summed E-state index contributed by atoms with van der Waals surface area (Å²) in [6.07, 6.45) is 0. The molecule has 3 heteroatoms. The number of hydrogen-bond acceptors (Lipinski definition) is 2. The van der Waals surface area contributed by atoms with Crippen molar-refractivity contribution in [1.29, 1.82) is 0 Å². The zero-order chi connectivity index (χ0) is 12.6. The molecule has 0 spiro atoms. The molecule has 16 heavy (non-hydrogen) atoms. The maximum absolute atomic E-state index is 5.84. The summed E-state index contributed by atoms with van der Waals surface area (Å²) in [5.74, 6) is 2.10. The monoisotopic (exact) mass is 246 g/mol. The summed E-state index contributed by atoms with van der Waals surface area (Å²) in [7, 11) is -0.253. The van der Waals surface area contributed by atoms with Gasteiger partial charge in [0.05, 0.1) is 22.7 Å². The summed E-state index contributed by atoms with van der Waals surface area (Å²) in [4.78, 5) is 0. The second kappa shape index (κ2) is 9.20. The summed E-state index contributed by atoms with van der Waals surface area (Å²) in [5.41, 5.74) is 0. The zero-order valence-corrected chi connectivity index (χ0v) is 13.4. The first-order valence-corrected chi connectivity index (χ1v) is 8.46. The molecule has 0 aliphatic rings. The molecule has 2 nitrogen and oxygen atoms in total. The van der Waals surface area contributed by atoms with Crippen molar-refractivity contribution in [3.63, 3.8) is 0 Å². The van der Waals surface area contributed by atoms with E-state index in [4.69, 9.17) is 9.47 Å². The maximum Gasteiger partial charge on any atom is 0.134 e. The Labute approximate surface area is 104 Å². The van der Waals surface area contributed by atoms with E-state index in [9.17, 15) is 0 Å². The van der Waals surface area contributed by atoms with Crippen molar-refractivity contribution in [3.05, 3.63) is 0 Å². The molecule has 0 amide bonds. The molecule has 0 aliphatic carbocycles. The molecule has 0 aromatic rings. The third-order valence-corrected chi connectivity index (χ3v) is 4.64. The fraction of sp³-hybridized carbons (Fsp3) is 1.00. The average Bonchev–Trinajstić information content (AvgIpc) is 2.15. The number of ether oxygens (including phenoxy) is 2. The molecule has 0 radical (unpaired) electrons. The van der Waals surface area contributed by atoms with Gasteiger partial charge in [-0.05, 0) is 17.8 Å². The van der Waals surface area contributed by atoms with E-state index >= 15 is 0 Å². The Kier molecular flexibility index (Phi) is 9.28. The number of hydrogen-bond donors (Lipinski definition) is 0. The normalized spacial score (nSPS) is 13.1. The van der Waals surface area contributed by atoms with E-state index in [0.29, 0.717) is 11.8 Å². The standard InChI is InChI=1S/C13H30O2Si/c1-10(2)7-14-13(15-8-11(3)4)16-9-12(5)6/h10-13H,7-9,16H2,1-6H3. The molecule has 0 unspecified atom stereocenters. The second-order valence-corrected chi connectivity index (χ2v) is 7.68. The lowest BCUT2D eigenvalue weighted by atomic mass is 10.2. The van der Waals surface area contributed by atoms with Gasteiger partial charge in [0.25, 0.3) is 0 Å².